The minimum atomic E-state index is -0.605. The fourth-order valence-corrected chi connectivity index (χ4v) is 2.17. The van der Waals surface area contributed by atoms with E-state index in [1.807, 2.05) is 24.3 Å². The van der Waals surface area contributed by atoms with Crippen molar-refractivity contribution < 1.29 is 9.50 Å². The number of anilines is 1. The zero-order valence-electron chi connectivity index (χ0n) is 10.7. The van der Waals surface area contributed by atoms with Crippen LogP contribution in [0.5, 0.6) is 5.75 Å². The van der Waals surface area contributed by atoms with Crippen molar-refractivity contribution in [1.29, 1.82) is 0 Å². The van der Waals surface area contributed by atoms with Gasteiger partial charge in [-0.05, 0) is 18.2 Å². The van der Waals surface area contributed by atoms with Crippen LogP contribution in [-0.2, 0) is 6.54 Å². The summed E-state index contributed by atoms with van der Waals surface area (Å²) in [6.45, 7) is 0.352. The van der Waals surface area contributed by atoms with E-state index in [9.17, 15) is 9.50 Å². The lowest BCUT2D eigenvalue weighted by Crippen LogP contribution is -2.01. The number of halogens is 1. The lowest BCUT2D eigenvalue weighted by atomic mass is 10.1. The molecule has 0 saturated carbocycles. The number of phenols is 1. The molecule has 0 aliphatic carbocycles. The number of benzene rings is 2. The van der Waals surface area contributed by atoms with E-state index in [1.54, 1.807) is 24.5 Å². The first kappa shape index (κ1) is 12.4. The van der Waals surface area contributed by atoms with E-state index in [2.05, 4.69) is 10.3 Å². The number of nitrogens with zero attached hydrogens (tertiary/aromatic N) is 1. The number of rotatable bonds is 3. The molecule has 1 heterocycles. The van der Waals surface area contributed by atoms with E-state index < -0.39 is 5.82 Å². The zero-order valence-corrected chi connectivity index (χ0v) is 10.7. The predicted octanol–water partition coefficient (Wildman–Crippen LogP) is 3.69. The average Bonchev–Trinajstić information content (AvgIpc) is 2.49. The van der Waals surface area contributed by atoms with Crippen molar-refractivity contribution in [3.63, 3.8) is 0 Å². The maximum absolute atomic E-state index is 13.3. The molecule has 0 amide bonds. The van der Waals surface area contributed by atoms with Gasteiger partial charge in [0.2, 0.25) is 0 Å². The third-order valence-corrected chi connectivity index (χ3v) is 3.22. The number of aromatic nitrogens is 1. The van der Waals surface area contributed by atoms with Crippen molar-refractivity contribution in [3.05, 3.63) is 66.2 Å². The minimum absolute atomic E-state index is 0.304. The molecule has 3 rings (SSSR count). The second-order valence-corrected chi connectivity index (χ2v) is 4.50. The topological polar surface area (TPSA) is 45.1 Å². The molecule has 100 valence electrons. The first-order valence-corrected chi connectivity index (χ1v) is 6.28. The molecule has 3 nitrogen and oxygen atoms in total. The Morgan fingerprint density at radius 1 is 1.10 bits per heavy atom. The number of fused-ring (bicyclic) bond motifs is 1. The molecule has 0 radical (unpaired) electrons. The first-order valence-electron chi connectivity index (χ1n) is 6.28. The van der Waals surface area contributed by atoms with Gasteiger partial charge in [0.15, 0.2) is 11.6 Å². The van der Waals surface area contributed by atoms with Crippen molar-refractivity contribution in [2.75, 3.05) is 5.32 Å². The number of para-hydroxylation sites is 1. The normalized spacial score (nSPS) is 10.7. The Bertz CT molecular complexity index is 753. The van der Waals surface area contributed by atoms with Crippen molar-refractivity contribution in [1.82, 2.24) is 4.98 Å². The number of hydrogen-bond acceptors (Lipinski definition) is 3. The molecule has 2 N–H and O–H groups in total. The molecule has 0 bridgehead atoms. The lowest BCUT2D eigenvalue weighted by molar-refractivity contribution is 0.427. The van der Waals surface area contributed by atoms with Crippen LogP contribution < -0.4 is 5.32 Å². The van der Waals surface area contributed by atoms with E-state index in [1.165, 1.54) is 6.07 Å². The minimum Gasteiger partial charge on any atom is -0.505 e. The highest BCUT2D eigenvalue weighted by molar-refractivity contribution is 5.93. The Morgan fingerprint density at radius 2 is 1.95 bits per heavy atom. The Hall–Kier alpha value is -2.62. The maximum atomic E-state index is 13.3. The summed E-state index contributed by atoms with van der Waals surface area (Å²) in [6.07, 6.45) is 3.52. The highest BCUT2D eigenvalue weighted by atomic mass is 19.1. The standard InChI is InChI=1S/C16H13FN2O/c17-14-5-1-4-12(16(14)20)10-19-15-6-2-3-11-9-18-8-7-13(11)15/h1-9,19-20H,10H2. The van der Waals surface area contributed by atoms with Gasteiger partial charge in [-0.3, -0.25) is 4.98 Å². The largest absolute Gasteiger partial charge is 0.505 e. The van der Waals surface area contributed by atoms with Crippen LogP contribution in [-0.4, -0.2) is 10.1 Å². The molecule has 0 saturated heterocycles. The van der Waals surface area contributed by atoms with Gasteiger partial charge in [0.1, 0.15) is 0 Å². The van der Waals surface area contributed by atoms with Crippen LogP contribution in [0.2, 0.25) is 0 Å². The molecule has 0 spiro atoms. The molecule has 0 atom stereocenters. The Kier molecular flexibility index (Phi) is 3.21. The van der Waals surface area contributed by atoms with Gasteiger partial charge in [-0.2, -0.15) is 0 Å². The highest BCUT2D eigenvalue weighted by Gasteiger charge is 2.07. The molecule has 3 aromatic rings. The smallest absolute Gasteiger partial charge is 0.165 e. The van der Waals surface area contributed by atoms with E-state index in [4.69, 9.17) is 0 Å². The van der Waals surface area contributed by atoms with Crippen molar-refractivity contribution in [3.8, 4) is 5.75 Å². The van der Waals surface area contributed by atoms with Crippen LogP contribution in [0, 0.1) is 5.82 Å². The fraction of sp³-hybridized carbons (Fsp3) is 0.0625. The van der Waals surface area contributed by atoms with Gasteiger partial charge in [0.25, 0.3) is 0 Å². The van der Waals surface area contributed by atoms with E-state index in [0.717, 1.165) is 16.5 Å². The van der Waals surface area contributed by atoms with Gasteiger partial charge in [0, 0.05) is 41.0 Å². The monoisotopic (exact) mass is 268 g/mol. The molecular weight excluding hydrogens is 255 g/mol. The van der Waals surface area contributed by atoms with Gasteiger partial charge >= 0.3 is 0 Å². The molecule has 0 unspecified atom stereocenters. The highest BCUT2D eigenvalue weighted by Crippen LogP contribution is 2.25. The second kappa shape index (κ2) is 5.17. The van der Waals surface area contributed by atoms with Gasteiger partial charge in [-0.1, -0.05) is 24.3 Å². The third-order valence-electron chi connectivity index (χ3n) is 3.22. The summed E-state index contributed by atoms with van der Waals surface area (Å²) in [5.41, 5.74) is 1.45. The average molecular weight is 268 g/mol. The van der Waals surface area contributed by atoms with Crippen LogP contribution >= 0.6 is 0 Å². The number of hydrogen-bond donors (Lipinski definition) is 2. The van der Waals surface area contributed by atoms with Crippen LogP contribution in [0.3, 0.4) is 0 Å². The summed E-state index contributed by atoms with van der Waals surface area (Å²) < 4.78 is 13.3. The number of pyridine rings is 1. The molecule has 4 heteroatoms. The predicted molar refractivity (Wildman–Crippen MR) is 77.1 cm³/mol. The van der Waals surface area contributed by atoms with Crippen LogP contribution in [0.15, 0.2) is 54.9 Å². The molecule has 2 aromatic carbocycles. The Morgan fingerprint density at radius 3 is 2.85 bits per heavy atom. The van der Waals surface area contributed by atoms with E-state index in [-0.39, 0.29) is 5.75 Å². The fourth-order valence-electron chi connectivity index (χ4n) is 2.17. The van der Waals surface area contributed by atoms with Crippen LogP contribution in [0.4, 0.5) is 10.1 Å². The molecular formula is C16H13FN2O. The second-order valence-electron chi connectivity index (χ2n) is 4.50. The maximum Gasteiger partial charge on any atom is 0.165 e. The molecule has 0 aliphatic rings. The Balaban J connectivity index is 1.89. The van der Waals surface area contributed by atoms with Crippen LogP contribution in [0.1, 0.15) is 5.56 Å². The summed E-state index contributed by atoms with van der Waals surface area (Å²) in [5.74, 6) is -0.909. The van der Waals surface area contributed by atoms with Gasteiger partial charge in [-0.15, -0.1) is 0 Å². The molecule has 20 heavy (non-hydrogen) atoms. The van der Waals surface area contributed by atoms with E-state index >= 15 is 0 Å². The summed E-state index contributed by atoms with van der Waals surface area (Å²) >= 11 is 0. The summed E-state index contributed by atoms with van der Waals surface area (Å²) in [6, 6.07) is 12.3. The molecule has 0 fully saturated rings. The number of nitrogens with one attached hydrogen (secondary N) is 1. The quantitative estimate of drug-likeness (QED) is 0.761. The molecule has 0 aliphatic heterocycles. The van der Waals surface area contributed by atoms with Gasteiger partial charge in [0.05, 0.1) is 0 Å². The summed E-state index contributed by atoms with van der Waals surface area (Å²) in [7, 11) is 0. The summed E-state index contributed by atoms with van der Waals surface area (Å²) in [5, 5.41) is 15.0. The van der Waals surface area contributed by atoms with Gasteiger partial charge < -0.3 is 10.4 Å². The molecule has 1 aromatic heterocycles. The Labute approximate surface area is 115 Å². The summed E-state index contributed by atoms with van der Waals surface area (Å²) in [4.78, 5) is 4.08. The first-order chi connectivity index (χ1) is 9.75. The lowest BCUT2D eigenvalue weighted by Gasteiger charge is -2.11. The SMILES string of the molecule is Oc1c(F)cccc1CNc1cccc2cnccc12. The van der Waals surface area contributed by atoms with Crippen LogP contribution in [0.25, 0.3) is 10.8 Å². The number of aromatic hydroxyl groups is 1. The van der Waals surface area contributed by atoms with Crippen molar-refractivity contribution >= 4 is 16.5 Å². The van der Waals surface area contributed by atoms with Gasteiger partial charge in [-0.25, -0.2) is 4.39 Å². The van der Waals surface area contributed by atoms with Crippen molar-refractivity contribution in [2.24, 2.45) is 0 Å². The van der Waals surface area contributed by atoms with Crippen molar-refractivity contribution in [2.45, 2.75) is 6.54 Å². The number of phenolic OH excluding ortho intramolecular Hbond substituents is 1. The zero-order chi connectivity index (χ0) is 13.9. The third kappa shape index (κ3) is 2.28. The van der Waals surface area contributed by atoms with E-state index in [0.29, 0.717) is 12.1 Å².